The van der Waals surface area contributed by atoms with Crippen LogP contribution in [0.4, 0.5) is 0 Å². The molecule has 31 heavy (non-hydrogen) atoms. The van der Waals surface area contributed by atoms with Crippen molar-refractivity contribution in [1.82, 2.24) is 0 Å². The first-order valence-corrected chi connectivity index (χ1v) is 11.4. The van der Waals surface area contributed by atoms with Crippen LogP contribution in [0.3, 0.4) is 0 Å². The molecule has 0 radical (unpaired) electrons. The minimum absolute atomic E-state index is 0.128. The van der Waals surface area contributed by atoms with E-state index < -0.39 is 54.0 Å². The second kappa shape index (κ2) is 11.8. The standard InChI is InChI=1S/C22H36O9/c1-4-6-8-10-17(25)28-13-16(24)20-19-14(3)15(23)12-22(31-19,21(27)29-20)30-18(26)11-9-7-5-2/h14-16,19-20,23-24H,4-13H2,1-3H3/t14-,15+,16-,19-,20-,22+/m1/s1. The molecular formula is C22H36O9. The number of rotatable bonds is 12. The summed E-state index contributed by atoms with van der Waals surface area (Å²) in [7, 11) is 0. The number of fused-ring (bicyclic) bond motifs is 2. The third kappa shape index (κ3) is 6.63. The molecule has 0 spiro atoms. The number of ether oxygens (including phenoxy) is 4. The molecule has 0 aromatic rings. The quantitative estimate of drug-likeness (QED) is 0.264. The highest BCUT2D eigenvalue weighted by Gasteiger charge is 2.61. The van der Waals surface area contributed by atoms with Gasteiger partial charge in [0.2, 0.25) is 0 Å². The molecule has 0 aromatic carbocycles. The van der Waals surface area contributed by atoms with E-state index in [-0.39, 0.29) is 25.9 Å². The van der Waals surface area contributed by atoms with Crippen LogP contribution in [0.2, 0.25) is 0 Å². The second-order valence-electron chi connectivity index (χ2n) is 8.47. The zero-order chi connectivity index (χ0) is 23.0. The average molecular weight is 445 g/mol. The summed E-state index contributed by atoms with van der Waals surface area (Å²) in [5.41, 5.74) is 0. The van der Waals surface area contributed by atoms with Crippen molar-refractivity contribution in [2.75, 3.05) is 6.61 Å². The van der Waals surface area contributed by atoms with E-state index in [1.807, 2.05) is 13.8 Å². The van der Waals surface area contributed by atoms with Crippen molar-refractivity contribution in [2.24, 2.45) is 5.92 Å². The number of carbonyl (C=O) groups is 3. The Morgan fingerprint density at radius 1 is 1.13 bits per heavy atom. The fraction of sp³-hybridized carbons (Fsp3) is 0.864. The largest absolute Gasteiger partial charge is 0.463 e. The Labute approximate surface area is 183 Å². The lowest BCUT2D eigenvalue weighted by Gasteiger charge is -2.50. The minimum atomic E-state index is -2.02. The first-order valence-electron chi connectivity index (χ1n) is 11.4. The Morgan fingerprint density at radius 2 is 1.74 bits per heavy atom. The summed E-state index contributed by atoms with van der Waals surface area (Å²) in [4.78, 5) is 36.7. The van der Waals surface area contributed by atoms with Crippen LogP contribution in [0.1, 0.15) is 78.6 Å². The molecular weight excluding hydrogens is 408 g/mol. The number of aliphatic hydroxyl groups excluding tert-OH is 2. The second-order valence-corrected chi connectivity index (χ2v) is 8.47. The number of aliphatic hydroxyl groups is 2. The van der Waals surface area contributed by atoms with Crippen molar-refractivity contribution >= 4 is 17.9 Å². The summed E-state index contributed by atoms with van der Waals surface area (Å²) in [6.45, 7) is 5.35. The Balaban J connectivity index is 2.01. The lowest BCUT2D eigenvalue weighted by atomic mass is 9.83. The summed E-state index contributed by atoms with van der Waals surface area (Å²) >= 11 is 0. The highest BCUT2D eigenvalue weighted by atomic mass is 16.8. The number of carbonyl (C=O) groups excluding carboxylic acids is 3. The summed E-state index contributed by atoms with van der Waals surface area (Å²) in [6.07, 6.45) is 0.694. The van der Waals surface area contributed by atoms with Crippen molar-refractivity contribution in [2.45, 2.75) is 109 Å². The summed E-state index contributed by atoms with van der Waals surface area (Å²) in [5, 5.41) is 21.0. The first kappa shape index (κ1) is 25.5. The predicted molar refractivity (Wildman–Crippen MR) is 109 cm³/mol. The van der Waals surface area contributed by atoms with Crippen LogP contribution in [0.15, 0.2) is 0 Å². The fourth-order valence-electron chi connectivity index (χ4n) is 3.86. The van der Waals surface area contributed by atoms with E-state index in [4.69, 9.17) is 18.9 Å². The number of cyclic esters (lactones) is 1. The van der Waals surface area contributed by atoms with Gasteiger partial charge in [0, 0.05) is 18.8 Å². The van der Waals surface area contributed by atoms with Gasteiger partial charge in [0.15, 0.2) is 6.10 Å². The molecule has 2 bridgehead atoms. The molecule has 0 unspecified atom stereocenters. The molecule has 2 aliphatic rings. The van der Waals surface area contributed by atoms with Gasteiger partial charge in [0.1, 0.15) is 18.8 Å². The van der Waals surface area contributed by atoms with Crippen molar-refractivity contribution in [1.29, 1.82) is 0 Å². The highest BCUT2D eigenvalue weighted by Crippen LogP contribution is 2.42. The maximum Gasteiger partial charge on any atom is 0.380 e. The highest BCUT2D eigenvalue weighted by molar-refractivity contribution is 5.83. The molecule has 0 aliphatic carbocycles. The van der Waals surface area contributed by atoms with Gasteiger partial charge in [0.25, 0.3) is 0 Å². The topological polar surface area (TPSA) is 129 Å². The first-order chi connectivity index (χ1) is 14.7. The maximum atomic E-state index is 12.7. The van der Waals surface area contributed by atoms with Gasteiger partial charge in [-0.1, -0.05) is 46.5 Å². The van der Waals surface area contributed by atoms with Crippen LogP contribution in [0, 0.1) is 5.92 Å². The van der Waals surface area contributed by atoms with Gasteiger partial charge in [-0.2, -0.15) is 0 Å². The molecule has 178 valence electrons. The molecule has 2 fully saturated rings. The Kier molecular flexibility index (Phi) is 9.71. The van der Waals surface area contributed by atoms with Crippen LogP contribution in [0.25, 0.3) is 0 Å². The zero-order valence-electron chi connectivity index (χ0n) is 18.7. The normalized spacial score (nSPS) is 30.9. The molecule has 9 nitrogen and oxygen atoms in total. The zero-order valence-corrected chi connectivity index (χ0v) is 18.7. The van der Waals surface area contributed by atoms with Crippen molar-refractivity contribution in [3.8, 4) is 0 Å². The van der Waals surface area contributed by atoms with E-state index >= 15 is 0 Å². The molecule has 2 aliphatic heterocycles. The van der Waals surface area contributed by atoms with Gasteiger partial charge in [0.05, 0.1) is 12.5 Å². The SMILES string of the molecule is CCCCCC(=O)OC[C@@H](O)[C@H]1OC(=O)[C@]2(OC(=O)CCCCC)C[C@H](O)[C@@H](C)[C@H]1O2. The van der Waals surface area contributed by atoms with E-state index in [2.05, 4.69) is 0 Å². The van der Waals surface area contributed by atoms with Gasteiger partial charge in [-0.3, -0.25) is 9.59 Å². The summed E-state index contributed by atoms with van der Waals surface area (Å²) in [5.74, 6) is -4.54. The van der Waals surface area contributed by atoms with E-state index in [0.717, 1.165) is 25.7 Å². The number of unbranched alkanes of at least 4 members (excludes halogenated alkanes) is 4. The molecule has 0 saturated carbocycles. The number of esters is 3. The van der Waals surface area contributed by atoms with Crippen LogP contribution >= 0.6 is 0 Å². The molecule has 0 amide bonds. The Bertz CT molecular complexity index is 622. The van der Waals surface area contributed by atoms with E-state index in [0.29, 0.717) is 12.8 Å². The molecule has 6 atom stereocenters. The minimum Gasteiger partial charge on any atom is -0.463 e. The molecule has 0 aromatic heterocycles. The van der Waals surface area contributed by atoms with Gasteiger partial charge >= 0.3 is 23.7 Å². The molecule has 2 N–H and O–H groups in total. The third-order valence-corrected chi connectivity index (χ3v) is 5.85. The Hall–Kier alpha value is -1.71. The monoisotopic (exact) mass is 444 g/mol. The third-order valence-electron chi connectivity index (χ3n) is 5.85. The van der Waals surface area contributed by atoms with Crippen molar-refractivity contribution < 1.29 is 43.5 Å². The number of hydrogen-bond acceptors (Lipinski definition) is 9. The lowest BCUT2D eigenvalue weighted by molar-refractivity contribution is -0.340. The molecule has 2 rings (SSSR count). The number of hydrogen-bond donors (Lipinski definition) is 2. The van der Waals surface area contributed by atoms with Crippen LogP contribution < -0.4 is 0 Å². The smallest absolute Gasteiger partial charge is 0.380 e. The predicted octanol–water partition coefficient (Wildman–Crippen LogP) is 2.00. The molecule has 2 saturated heterocycles. The van der Waals surface area contributed by atoms with Gasteiger partial charge in [-0.25, -0.2) is 4.79 Å². The average Bonchev–Trinajstić information content (AvgIpc) is 2.72. The lowest BCUT2D eigenvalue weighted by Crippen LogP contribution is -2.67. The van der Waals surface area contributed by atoms with E-state index in [9.17, 15) is 24.6 Å². The van der Waals surface area contributed by atoms with Gasteiger partial charge < -0.3 is 29.2 Å². The fourth-order valence-corrected chi connectivity index (χ4v) is 3.86. The van der Waals surface area contributed by atoms with E-state index in [1.165, 1.54) is 0 Å². The summed E-state index contributed by atoms with van der Waals surface area (Å²) in [6, 6.07) is 0. The van der Waals surface area contributed by atoms with Gasteiger partial charge in [-0.05, 0) is 12.8 Å². The summed E-state index contributed by atoms with van der Waals surface area (Å²) < 4.78 is 21.7. The van der Waals surface area contributed by atoms with E-state index in [1.54, 1.807) is 6.92 Å². The van der Waals surface area contributed by atoms with Gasteiger partial charge in [-0.15, -0.1) is 0 Å². The van der Waals surface area contributed by atoms with Crippen molar-refractivity contribution in [3.05, 3.63) is 0 Å². The Morgan fingerprint density at radius 3 is 2.35 bits per heavy atom. The maximum absolute atomic E-state index is 12.7. The van der Waals surface area contributed by atoms with Crippen LogP contribution in [-0.2, 0) is 33.3 Å². The molecule has 9 heteroatoms. The molecule has 2 heterocycles. The van der Waals surface area contributed by atoms with Crippen LogP contribution in [-0.4, -0.2) is 64.9 Å². The van der Waals surface area contributed by atoms with Crippen LogP contribution in [0.5, 0.6) is 0 Å². The van der Waals surface area contributed by atoms with Crippen molar-refractivity contribution in [3.63, 3.8) is 0 Å².